The van der Waals surface area contributed by atoms with Crippen LogP contribution in [0, 0.1) is 62.1 Å². The smallest absolute Gasteiger partial charge is 0.217 e. The maximum Gasteiger partial charge on any atom is 0.217 e. The van der Waals surface area contributed by atoms with Crippen molar-refractivity contribution in [2.75, 3.05) is 0 Å². The first-order chi connectivity index (χ1) is 12.5. The molecule has 4 rings (SSSR count). The monoisotopic (exact) mass is 346 g/mol. The number of hydrogen-bond donors (Lipinski definition) is 1. The SMILES string of the molecule is C[C@@H]1CC[C@@]23OC(=N)[C@@](C#N)([C@H]2C1)C(C#N)(C#N)[C@@H](c1ccccc1)O3. The van der Waals surface area contributed by atoms with E-state index >= 15 is 0 Å². The summed E-state index contributed by atoms with van der Waals surface area (Å²) in [5, 5.41) is 38.9. The molecule has 1 aliphatic carbocycles. The first-order valence-corrected chi connectivity index (χ1v) is 8.74. The fourth-order valence-electron chi connectivity index (χ4n) is 4.96. The van der Waals surface area contributed by atoms with Crippen molar-refractivity contribution in [2.45, 2.75) is 38.1 Å². The third-order valence-electron chi connectivity index (χ3n) is 6.27. The number of rotatable bonds is 1. The topological polar surface area (TPSA) is 114 Å². The molecule has 5 atom stereocenters. The van der Waals surface area contributed by atoms with Gasteiger partial charge in [0.15, 0.2) is 5.41 Å². The van der Waals surface area contributed by atoms with E-state index in [0.717, 1.165) is 6.42 Å². The molecule has 2 saturated heterocycles. The molecule has 0 spiro atoms. The molecule has 0 unspecified atom stereocenters. The lowest BCUT2D eigenvalue weighted by atomic mass is 9.51. The van der Waals surface area contributed by atoms with Crippen LogP contribution in [0.5, 0.6) is 0 Å². The lowest BCUT2D eigenvalue weighted by molar-refractivity contribution is -0.298. The molecule has 0 amide bonds. The second kappa shape index (κ2) is 5.31. The minimum atomic E-state index is -1.85. The molecule has 0 aromatic heterocycles. The standard InChI is InChI=1S/C20H18N4O2/c1-13-7-8-20-15(9-13)19(12-23,17(24)26-20)18(10-21,11-22)16(25-20)14-5-3-2-4-6-14/h2-6,13,15-16,24H,7-9H2,1H3/t13-,15-,16-,19-,20-/m1/s1. The fraction of sp³-hybridized carbons (Fsp3) is 0.500. The van der Waals surface area contributed by atoms with Gasteiger partial charge in [-0.15, -0.1) is 0 Å². The van der Waals surface area contributed by atoms with Gasteiger partial charge in [0.05, 0.1) is 24.1 Å². The molecule has 2 heterocycles. The van der Waals surface area contributed by atoms with E-state index in [-0.39, 0.29) is 5.90 Å². The number of hydrogen-bond acceptors (Lipinski definition) is 6. The maximum absolute atomic E-state index is 10.2. The summed E-state index contributed by atoms with van der Waals surface area (Å²) in [6, 6.07) is 15.4. The van der Waals surface area contributed by atoms with E-state index in [2.05, 4.69) is 25.1 Å². The molecule has 6 nitrogen and oxygen atoms in total. The van der Waals surface area contributed by atoms with Crippen LogP contribution in [0.2, 0.25) is 0 Å². The normalized spacial score (nSPS) is 39.6. The van der Waals surface area contributed by atoms with Crippen LogP contribution >= 0.6 is 0 Å². The highest BCUT2D eigenvalue weighted by Crippen LogP contribution is 2.69. The Morgan fingerprint density at radius 2 is 1.81 bits per heavy atom. The van der Waals surface area contributed by atoms with E-state index in [1.807, 2.05) is 6.07 Å². The summed E-state index contributed by atoms with van der Waals surface area (Å²) in [4.78, 5) is 0. The van der Waals surface area contributed by atoms with Crippen LogP contribution in [-0.2, 0) is 9.47 Å². The van der Waals surface area contributed by atoms with Crippen molar-refractivity contribution < 1.29 is 9.47 Å². The maximum atomic E-state index is 10.2. The second-order valence-electron chi connectivity index (χ2n) is 7.54. The quantitative estimate of drug-likeness (QED) is 0.836. The Hall–Kier alpha value is -2.88. The lowest BCUT2D eigenvalue weighted by Crippen LogP contribution is -2.60. The molecule has 6 heteroatoms. The van der Waals surface area contributed by atoms with E-state index < -0.39 is 28.6 Å². The van der Waals surface area contributed by atoms with Crippen LogP contribution in [0.1, 0.15) is 37.9 Å². The molecule has 1 N–H and O–H groups in total. The van der Waals surface area contributed by atoms with Gasteiger partial charge in [0.2, 0.25) is 17.1 Å². The van der Waals surface area contributed by atoms with E-state index in [1.165, 1.54) is 0 Å². The highest BCUT2D eigenvalue weighted by molar-refractivity contribution is 5.89. The van der Waals surface area contributed by atoms with Gasteiger partial charge in [-0.05, 0) is 24.3 Å². The van der Waals surface area contributed by atoms with E-state index in [4.69, 9.17) is 14.9 Å². The predicted octanol–water partition coefficient (Wildman–Crippen LogP) is 3.44. The molecule has 130 valence electrons. The van der Waals surface area contributed by atoms with Gasteiger partial charge in [0.25, 0.3) is 0 Å². The Kier molecular flexibility index (Phi) is 3.38. The summed E-state index contributed by atoms with van der Waals surface area (Å²) < 4.78 is 12.2. The van der Waals surface area contributed by atoms with Gasteiger partial charge < -0.3 is 9.47 Å². The van der Waals surface area contributed by atoms with Gasteiger partial charge >= 0.3 is 0 Å². The number of nitrogens with one attached hydrogen (secondary N) is 1. The predicted molar refractivity (Wildman–Crippen MR) is 90.0 cm³/mol. The zero-order valence-corrected chi connectivity index (χ0v) is 14.4. The zero-order chi connectivity index (χ0) is 18.6. The first-order valence-electron chi connectivity index (χ1n) is 8.74. The largest absolute Gasteiger partial charge is 0.447 e. The summed E-state index contributed by atoms with van der Waals surface area (Å²) in [6.07, 6.45) is 1.02. The molecule has 1 saturated carbocycles. The van der Waals surface area contributed by atoms with E-state index in [1.54, 1.807) is 24.3 Å². The Labute approximate surface area is 152 Å². The van der Waals surface area contributed by atoms with Crippen molar-refractivity contribution in [1.82, 2.24) is 0 Å². The average Bonchev–Trinajstić information content (AvgIpc) is 2.86. The number of ether oxygens (including phenoxy) is 2. The number of nitrogens with zero attached hydrogens (tertiary/aromatic N) is 3. The summed E-state index contributed by atoms with van der Waals surface area (Å²) in [5.41, 5.74) is -2.84. The van der Waals surface area contributed by atoms with Crippen LogP contribution in [0.4, 0.5) is 0 Å². The van der Waals surface area contributed by atoms with Crippen molar-refractivity contribution in [2.24, 2.45) is 22.7 Å². The third-order valence-corrected chi connectivity index (χ3v) is 6.27. The van der Waals surface area contributed by atoms with Crippen molar-refractivity contribution in [1.29, 1.82) is 21.2 Å². The summed E-state index contributed by atoms with van der Waals surface area (Å²) in [5.74, 6) is -1.62. The highest BCUT2D eigenvalue weighted by Gasteiger charge is 2.80. The molecule has 3 aliphatic rings. The minimum Gasteiger partial charge on any atom is -0.447 e. The first kappa shape index (κ1) is 16.6. The summed E-state index contributed by atoms with van der Waals surface area (Å²) in [7, 11) is 0. The van der Waals surface area contributed by atoms with Crippen molar-refractivity contribution in [3.63, 3.8) is 0 Å². The molecular weight excluding hydrogens is 328 g/mol. The molecule has 2 bridgehead atoms. The van der Waals surface area contributed by atoms with Crippen LogP contribution < -0.4 is 0 Å². The molecular formula is C20H18N4O2. The molecule has 3 fully saturated rings. The van der Waals surface area contributed by atoms with Gasteiger partial charge in [-0.25, -0.2) is 0 Å². The van der Waals surface area contributed by atoms with E-state index in [9.17, 15) is 15.8 Å². The van der Waals surface area contributed by atoms with Crippen LogP contribution in [0.15, 0.2) is 30.3 Å². The second-order valence-corrected chi connectivity index (χ2v) is 7.54. The van der Waals surface area contributed by atoms with Crippen molar-refractivity contribution in [3.8, 4) is 18.2 Å². The van der Waals surface area contributed by atoms with Gasteiger partial charge in [-0.1, -0.05) is 37.3 Å². The zero-order valence-electron chi connectivity index (χ0n) is 14.4. The lowest BCUT2D eigenvalue weighted by Gasteiger charge is -2.52. The Balaban J connectivity index is 2.00. The Bertz CT molecular complexity index is 879. The molecule has 1 aromatic rings. The van der Waals surface area contributed by atoms with Gasteiger partial charge in [0.1, 0.15) is 6.10 Å². The Morgan fingerprint density at radius 3 is 2.42 bits per heavy atom. The van der Waals surface area contributed by atoms with Crippen LogP contribution in [0.25, 0.3) is 0 Å². The fourth-order valence-corrected chi connectivity index (χ4v) is 4.96. The molecule has 2 aliphatic heterocycles. The third kappa shape index (κ3) is 1.69. The van der Waals surface area contributed by atoms with Gasteiger partial charge in [-0.3, -0.25) is 5.41 Å². The van der Waals surface area contributed by atoms with Crippen LogP contribution in [0.3, 0.4) is 0 Å². The van der Waals surface area contributed by atoms with Crippen molar-refractivity contribution in [3.05, 3.63) is 35.9 Å². The summed E-state index contributed by atoms with van der Waals surface area (Å²) >= 11 is 0. The average molecular weight is 346 g/mol. The minimum absolute atomic E-state index is 0.305. The number of nitriles is 3. The molecule has 0 radical (unpaired) electrons. The van der Waals surface area contributed by atoms with Gasteiger partial charge in [0, 0.05) is 6.42 Å². The highest BCUT2D eigenvalue weighted by atomic mass is 16.7. The van der Waals surface area contributed by atoms with Crippen LogP contribution in [-0.4, -0.2) is 11.7 Å². The van der Waals surface area contributed by atoms with Gasteiger partial charge in [-0.2, -0.15) is 15.8 Å². The summed E-state index contributed by atoms with van der Waals surface area (Å²) in [6.45, 7) is 2.07. The number of benzene rings is 1. The molecule has 26 heavy (non-hydrogen) atoms. The Morgan fingerprint density at radius 1 is 1.12 bits per heavy atom. The molecule has 1 aromatic carbocycles. The van der Waals surface area contributed by atoms with E-state index in [0.29, 0.717) is 24.3 Å². The van der Waals surface area contributed by atoms with Crippen molar-refractivity contribution >= 4 is 5.90 Å².